The summed E-state index contributed by atoms with van der Waals surface area (Å²) in [6.45, 7) is 0. The second kappa shape index (κ2) is 1.89. The van der Waals surface area contributed by atoms with Crippen LogP contribution < -0.4 is 5.73 Å². The van der Waals surface area contributed by atoms with Crippen molar-refractivity contribution in [1.82, 2.24) is 9.55 Å². The standard InChI is InChI=1S/C5H7N3O/c1-8-2-4(3-9)7-5(8)6/h2-3H,1H3,(H2,6,7). The number of nitrogens with zero attached hydrogens (tertiary/aromatic N) is 2. The summed E-state index contributed by atoms with van der Waals surface area (Å²) in [7, 11) is 1.73. The van der Waals surface area contributed by atoms with Gasteiger partial charge in [-0.05, 0) is 0 Å². The predicted octanol–water partition coefficient (Wildman–Crippen LogP) is -0.185. The van der Waals surface area contributed by atoms with Gasteiger partial charge in [-0.25, -0.2) is 4.98 Å². The third kappa shape index (κ3) is 0.910. The zero-order valence-electron chi connectivity index (χ0n) is 5.03. The van der Waals surface area contributed by atoms with Crippen molar-refractivity contribution >= 4 is 12.2 Å². The van der Waals surface area contributed by atoms with Gasteiger partial charge in [0.1, 0.15) is 5.69 Å². The summed E-state index contributed by atoms with van der Waals surface area (Å²) in [4.78, 5) is 13.7. The Morgan fingerprint density at radius 2 is 2.56 bits per heavy atom. The molecule has 0 fully saturated rings. The molecule has 0 amide bonds. The SMILES string of the molecule is Cn1cc(C=O)nc1N. The molecule has 0 bridgehead atoms. The van der Waals surface area contributed by atoms with Crippen LogP contribution in [-0.2, 0) is 7.05 Å². The summed E-state index contributed by atoms with van der Waals surface area (Å²) < 4.78 is 1.59. The molecular formula is C5H7N3O. The zero-order valence-corrected chi connectivity index (χ0v) is 5.03. The molecular weight excluding hydrogens is 118 g/mol. The van der Waals surface area contributed by atoms with E-state index >= 15 is 0 Å². The van der Waals surface area contributed by atoms with E-state index in [1.807, 2.05) is 0 Å². The lowest BCUT2D eigenvalue weighted by Crippen LogP contribution is -1.94. The van der Waals surface area contributed by atoms with Crippen molar-refractivity contribution in [3.05, 3.63) is 11.9 Å². The number of hydrogen-bond donors (Lipinski definition) is 1. The van der Waals surface area contributed by atoms with Crippen molar-refractivity contribution in [3.63, 3.8) is 0 Å². The number of nitrogens with two attached hydrogens (primary N) is 1. The highest BCUT2D eigenvalue weighted by Gasteiger charge is 1.96. The van der Waals surface area contributed by atoms with E-state index in [9.17, 15) is 4.79 Å². The van der Waals surface area contributed by atoms with Crippen LogP contribution in [0.5, 0.6) is 0 Å². The van der Waals surface area contributed by atoms with E-state index in [1.54, 1.807) is 17.8 Å². The highest BCUT2D eigenvalue weighted by atomic mass is 16.1. The van der Waals surface area contributed by atoms with Crippen LogP contribution in [0.2, 0.25) is 0 Å². The molecule has 4 heteroatoms. The number of aromatic nitrogens is 2. The number of hydrogen-bond acceptors (Lipinski definition) is 3. The van der Waals surface area contributed by atoms with Crippen LogP contribution in [0.4, 0.5) is 5.95 Å². The van der Waals surface area contributed by atoms with Gasteiger partial charge in [0.05, 0.1) is 0 Å². The van der Waals surface area contributed by atoms with Gasteiger partial charge in [0, 0.05) is 13.2 Å². The molecule has 1 rings (SSSR count). The number of anilines is 1. The minimum Gasteiger partial charge on any atom is -0.369 e. The zero-order chi connectivity index (χ0) is 6.85. The second-order valence-electron chi connectivity index (χ2n) is 1.75. The molecule has 0 saturated carbocycles. The van der Waals surface area contributed by atoms with Crippen LogP contribution in [0.15, 0.2) is 6.20 Å². The lowest BCUT2D eigenvalue weighted by atomic mass is 10.5. The first kappa shape index (κ1) is 5.81. The molecule has 0 aliphatic rings. The number of aryl methyl sites for hydroxylation is 1. The average molecular weight is 125 g/mol. The maximum Gasteiger partial charge on any atom is 0.200 e. The van der Waals surface area contributed by atoms with Crippen molar-refractivity contribution in [2.24, 2.45) is 7.05 Å². The van der Waals surface area contributed by atoms with Crippen molar-refractivity contribution < 1.29 is 4.79 Å². The third-order valence-electron chi connectivity index (χ3n) is 1.05. The quantitative estimate of drug-likeness (QED) is 0.529. The summed E-state index contributed by atoms with van der Waals surface area (Å²) in [5.41, 5.74) is 5.68. The minimum absolute atomic E-state index is 0.358. The highest BCUT2D eigenvalue weighted by Crippen LogP contribution is 1.98. The Morgan fingerprint density at radius 1 is 1.89 bits per heavy atom. The summed E-state index contributed by atoms with van der Waals surface area (Å²) in [5, 5.41) is 0. The monoisotopic (exact) mass is 125 g/mol. The molecule has 2 N–H and O–H groups in total. The highest BCUT2D eigenvalue weighted by molar-refractivity contribution is 5.72. The number of nitrogen functional groups attached to an aromatic ring is 1. The molecule has 0 aliphatic carbocycles. The third-order valence-corrected chi connectivity index (χ3v) is 1.05. The first-order valence-corrected chi connectivity index (χ1v) is 2.48. The van der Waals surface area contributed by atoms with E-state index in [0.29, 0.717) is 17.9 Å². The topological polar surface area (TPSA) is 60.9 Å². The van der Waals surface area contributed by atoms with Gasteiger partial charge in [-0.15, -0.1) is 0 Å². The first-order valence-electron chi connectivity index (χ1n) is 2.48. The van der Waals surface area contributed by atoms with Crippen molar-refractivity contribution in [2.75, 3.05) is 5.73 Å². The summed E-state index contributed by atoms with van der Waals surface area (Å²) in [6, 6.07) is 0. The maximum atomic E-state index is 10.0. The Morgan fingerprint density at radius 3 is 2.78 bits per heavy atom. The van der Waals surface area contributed by atoms with Gasteiger partial charge in [-0.3, -0.25) is 4.79 Å². The van der Waals surface area contributed by atoms with Crippen molar-refractivity contribution in [1.29, 1.82) is 0 Å². The summed E-state index contributed by atoms with van der Waals surface area (Å²) >= 11 is 0. The largest absolute Gasteiger partial charge is 0.369 e. The van der Waals surface area contributed by atoms with E-state index in [-0.39, 0.29) is 0 Å². The van der Waals surface area contributed by atoms with E-state index in [2.05, 4.69) is 4.98 Å². The van der Waals surface area contributed by atoms with E-state index in [4.69, 9.17) is 5.73 Å². The average Bonchev–Trinajstić information content (AvgIpc) is 2.13. The van der Waals surface area contributed by atoms with Crippen LogP contribution in [-0.4, -0.2) is 15.8 Å². The van der Waals surface area contributed by atoms with Crippen LogP contribution in [0.25, 0.3) is 0 Å². The van der Waals surface area contributed by atoms with Crippen molar-refractivity contribution in [2.45, 2.75) is 0 Å². The number of carbonyl (C=O) groups excluding carboxylic acids is 1. The molecule has 1 aromatic rings. The normalized spacial score (nSPS) is 9.44. The Balaban J connectivity index is 3.11. The lowest BCUT2D eigenvalue weighted by Gasteiger charge is -1.87. The van der Waals surface area contributed by atoms with Gasteiger partial charge in [-0.1, -0.05) is 0 Å². The molecule has 0 spiro atoms. The summed E-state index contributed by atoms with van der Waals surface area (Å²) in [5.74, 6) is 0.358. The number of aldehydes is 1. The molecule has 48 valence electrons. The Bertz CT molecular complexity index is 209. The minimum atomic E-state index is 0.358. The molecule has 0 saturated heterocycles. The molecule has 0 aliphatic heterocycles. The fraction of sp³-hybridized carbons (Fsp3) is 0.200. The van der Waals surface area contributed by atoms with E-state index in [1.165, 1.54) is 0 Å². The van der Waals surface area contributed by atoms with Gasteiger partial charge in [0.25, 0.3) is 0 Å². The maximum absolute atomic E-state index is 10.0. The van der Waals surface area contributed by atoms with Gasteiger partial charge in [0.15, 0.2) is 6.29 Å². The van der Waals surface area contributed by atoms with E-state index in [0.717, 1.165) is 0 Å². The second-order valence-corrected chi connectivity index (χ2v) is 1.75. The number of imidazole rings is 1. The molecule has 0 radical (unpaired) electrons. The van der Waals surface area contributed by atoms with Crippen LogP contribution in [0, 0.1) is 0 Å². The molecule has 0 unspecified atom stereocenters. The van der Waals surface area contributed by atoms with Crippen molar-refractivity contribution in [3.8, 4) is 0 Å². The van der Waals surface area contributed by atoms with Crippen LogP contribution in [0.1, 0.15) is 10.5 Å². The van der Waals surface area contributed by atoms with Crippen LogP contribution >= 0.6 is 0 Å². The smallest absolute Gasteiger partial charge is 0.200 e. The fourth-order valence-corrected chi connectivity index (χ4v) is 0.561. The predicted molar refractivity (Wildman–Crippen MR) is 33.0 cm³/mol. The van der Waals surface area contributed by atoms with Gasteiger partial charge in [0.2, 0.25) is 5.95 Å². The summed E-state index contributed by atoms with van der Waals surface area (Å²) in [6.07, 6.45) is 2.23. The molecule has 4 nitrogen and oxygen atoms in total. The molecule has 0 aromatic carbocycles. The first-order chi connectivity index (χ1) is 4.24. The molecule has 1 aromatic heterocycles. The van der Waals surface area contributed by atoms with Gasteiger partial charge < -0.3 is 10.3 Å². The van der Waals surface area contributed by atoms with Crippen LogP contribution in [0.3, 0.4) is 0 Å². The van der Waals surface area contributed by atoms with E-state index < -0.39 is 0 Å². The Kier molecular flexibility index (Phi) is 1.22. The Labute approximate surface area is 52.3 Å². The molecule has 0 atom stereocenters. The Hall–Kier alpha value is -1.32. The molecule has 1 heterocycles. The lowest BCUT2D eigenvalue weighted by molar-refractivity contribution is 0.111. The fourth-order valence-electron chi connectivity index (χ4n) is 0.561. The van der Waals surface area contributed by atoms with Gasteiger partial charge in [-0.2, -0.15) is 0 Å². The van der Waals surface area contributed by atoms with Gasteiger partial charge >= 0.3 is 0 Å². The number of carbonyl (C=O) groups is 1. The number of rotatable bonds is 1. The molecule has 9 heavy (non-hydrogen) atoms.